The minimum atomic E-state index is 0.816. The minimum Gasteiger partial charge on any atom is -0.312 e. The third-order valence-electron chi connectivity index (χ3n) is 4.56. The van der Waals surface area contributed by atoms with Crippen molar-refractivity contribution in [1.82, 2.24) is 10.2 Å². The van der Waals surface area contributed by atoms with Gasteiger partial charge in [0.2, 0.25) is 0 Å². The van der Waals surface area contributed by atoms with Crippen LogP contribution in [-0.2, 0) is 0 Å². The highest BCUT2D eigenvalue weighted by Crippen LogP contribution is 2.44. The van der Waals surface area contributed by atoms with Crippen LogP contribution in [0.1, 0.15) is 39.5 Å². The average molecular weight is 268 g/mol. The lowest BCUT2D eigenvalue weighted by Gasteiger charge is -2.35. The van der Waals surface area contributed by atoms with Crippen LogP contribution >= 0.6 is 11.8 Å². The average Bonchev–Trinajstić information content (AvgIpc) is 3.14. The predicted octanol–water partition coefficient (Wildman–Crippen LogP) is 2.59. The van der Waals surface area contributed by atoms with Gasteiger partial charge in [-0.2, -0.15) is 11.8 Å². The van der Waals surface area contributed by atoms with Crippen LogP contribution in [0, 0.1) is 11.8 Å². The standard InChI is InChI=1S/C15H28N2S/c1-11-9-17(10-12(2)18-11)8-7-16-15(13-3-4-13)14-5-6-14/h11-16H,3-10H2,1-2H3. The summed E-state index contributed by atoms with van der Waals surface area (Å²) < 4.78 is 0. The van der Waals surface area contributed by atoms with Crippen molar-refractivity contribution in [2.24, 2.45) is 11.8 Å². The number of thioether (sulfide) groups is 1. The number of nitrogens with zero attached hydrogens (tertiary/aromatic N) is 1. The largest absolute Gasteiger partial charge is 0.312 e. The molecule has 1 N–H and O–H groups in total. The van der Waals surface area contributed by atoms with Crippen molar-refractivity contribution in [3.05, 3.63) is 0 Å². The van der Waals surface area contributed by atoms with E-state index in [0.29, 0.717) is 0 Å². The van der Waals surface area contributed by atoms with Crippen molar-refractivity contribution in [2.75, 3.05) is 26.2 Å². The molecule has 1 heterocycles. The van der Waals surface area contributed by atoms with Crippen LogP contribution in [0.3, 0.4) is 0 Å². The van der Waals surface area contributed by atoms with Crippen LogP contribution in [0.2, 0.25) is 0 Å². The molecule has 3 heteroatoms. The first-order valence-electron chi connectivity index (χ1n) is 7.83. The third kappa shape index (κ3) is 3.64. The Balaban J connectivity index is 1.38. The van der Waals surface area contributed by atoms with E-state index in [9.17, 15) is 0 Å². The van der Waals surface area contributed by atoms with Crippen molar-refractivity contribution in [1.29, 1.82) is 0 Å². The van der Waals surface area contributed by atoms with Gasteiger partial charge < -0.3 is 5.32 Å². The van der Waals surface area contributed by atoms with Gasteiger partial charge in [-0.15, -0.1) is 0 Å². The van der Waals surface area contributed by atoms with Gasteiger partial charge in [0.25, 0.3) is 0 Å². The molecule has 3 aliphatic rings. The van der Waals surface area contributed by atoms with E-state index >= 15 is 0 Å². The molecule has 0 aromatic rings. The van der Waals surface area contributed by atoms with E-state index in [1.807, 2.05) is 0 Å². The monoisotopic (exact) mass is 268 g/mol. The zero-order valence-corrected chi connectivity index (χ0v) is 12.7. The summed E-state index contributed by atoms with van der Waals surface area (Å²) in [7, 11) is 0. The van der Waals surface area contributed by atoms with Gasteiger partial charge in [0, 0.05) is 42.7 Å². The molecular weight excluding hydrogens is 240 g/mol. The van der Waals surface area contributed by atoms with E-state index in [-0.39, 0.29) is 0 Å². The fourth-order valence-corrected chi connectivity index (χ4v) is 4.87. The maximum Gasteiger partial charge on any atom is 0.0149 e. The van der Waals surface area contributed by atoms with Gasteiger partial charge in [-0.05, 0) is 37.5 Å². The summed E-state index contributed by atoms with van der Waals surface area (Å²) in [5.74, 6) is 2.07. The molecular formula is C15H28N2S. The third-order valence-corrected chi connectivity index (χ3v) is 5.79. The fourth-order valence-electron chi connectivity index (χ4n) is 3.49. The molecule has 3 rings (SSSR count). The van der Waals surface area contributed by atoms with Crippen molar-refractivity contribution >= 4 is 11.8 Å². The summed E-state index contributed by atoms with van der Waals surface area (Å²) in [5, 5.41) is 5.50. The molecule has 104 valence electrons. The second-order valence-corrected chi connectivity index (χ2v) is 8.55. The molecule has 2 saturated carbocycles. The molecule has 0 radical (unpaired) electrons. The summed E-state index contributed by atoms with van der Waals surface area (Å²) in [5.41, 5.74) is 0. The Bertz CT molecular complexity index is 254. The second kappa shape index (κ2) is 5.72. The van der Waals surface area contributed by atoms with E-state index in [1.54, 1.807) is 0 Å². The summed E-state index contributed by atoms with van der Waals surface area (Å²) >= 11 is 2.15. The predicted molar refractivity (Wildman–Crippen MR) is 80.2 cm³/mol. The van der Waals surface area contributed by atoms with Crippen molar-refractivity contribution in [2.45, 2.75) is 56.1 Å². The molecule has 2 unspecified atom stereocenters. The molecule has 3 fully saturated rings. The van der Waals surface area contributed by atoms with E-state index < -0.39 is 0 Å². The normalized spacial score (nSPS) is 34.2. The molecule has 0 spiro atoms. The molecule has 0 aromatic carbocycles. The van der Waals surface area contributed by atoms with Gasteiger partial charge >= 0.3 is 0 Å². The first kappa shape index (κ1) is 13.3. The lowest BCUT2D eigenvalue weighted by Crippen LogP contribution is -2.45. The summed E-state index contributed by atoms with van der Waals surface area (Å²) in [4.78, 5) is 2.66. The zero-order valence-electron chi connectivity index (χ0n) is 11.9. The molecule has 1 saturated heterocycles. The molecule has 0 amide bonds. The van der Waals surface area contributed by atoms with Gasteiger partial charge in [0.15, 0.2) is 0 Å². The van der Waals surface area contributed by atoms with Gasteiger partial charge in [-0.1, -0.05) is 13.8 Å². The Morgan fingerprint density at radius 2 is 1.61 bits per heavy atom. The first-order chi connectivity index (χ1) is 8.72. The Morgan fingerprint density at radius 1 is 1.06 bits per heavy atom. The fraction of sp³-hybridized carbons (Fsp3) is 1.00. The Kier molecular flexibility index (Phi) is 4.21. The van der Waals surface area contributed by atoms with Gasteiger partial charge in [0.1, 0.15) is 0 Å². The lowest BCUT2D eigenvalue weighted by atomic mass is 10.1. The highest BCUT2D eigenvalue weighted by molar-refractivity contribution is 8.00. The van der Waals surface area contributed by atoms with Gasteiger partial charge in [-0.25, -0.2) is 0 Å². The molecule has 2 nitrogen and oxygen atoms in total. The van der Waals surface area contributed by atoms with Crippen LogP contribution in [0.25, 0.3) is 0 Å². The topological polar surface area (TPSA) is 15.3 Å². The zero-order chi connectivity index (χ0) is 12.5. The molecule has 0 aromatic heterocycles. The number of hydrogen-bond acceptors (Lipinski definition) is 3. The van der Waals surface area contributed by atoms with Crippen LogP contribution in [-0.4, -0.2) is 47.6 Å². The van der Waals surface area contributed by atoms with E-state index in [4.69, 9.17) is 0 Å². The first-order valence-corrected chi connectivity index (χ1v) is 8.78. The Labute approximate surface area is 116 Å². The molecule has 1 aliphatic heterocycles. The number of rotatable bonds is 6. The Hall–Kier alpha value is 0.270. The maximum atomic E-state index is 3.87. The number of hydrogen-bond donors (Lipinski definition) is 1. The van der Waals surface area contributed by atoms with Crippen LogP contribution in [0.4, 0.5) is 0 Å². The van der Waals surface area contributed by atoms with E-state index in [1.165, 1.54) is 51.9 Å². The SMILES string of the molecule is CC1CN(CCNC(C2CC2)C2CC2)CC(C)S1. The van der Waals surface area contributed by atoms with Crippen molar-refractivity contribution < 1.29 is 0 Å². The van der Waals surface area contributed by atoms with E-state index in [0.717, 1.165) is 28.4 Å². The summed E-state index contributed by atoms with van der Waals surface area (Å²) in [6.45, 7) is 9.78. The Morgan fingerprint density at radius 3 is 2.11 bits per heavy atom. The summed E-state index contributed by atoms with van der Waals surface area (Å²) in [6.07, 6.45) is 5.95. The van der Waals surface area contributed by atoms with Crippen molar-refractivity contribution in [3.8, 4) is 0 Å². The quantitative estimate of drug-likeness (QED) is 0.797. The van der Waals surface area contributed by atoms with Crippen LogP contribution in [0.5, 0.6) is 0 Å². The van der Waals surface area contributed by atoms with Gasteiger partial charge in [-0.3, -0.25) is 4.90 Å². The van der Waals surface area contributed by atoms with Crippen LogP contribution in [0.15, 0.2) is 0 Å². The maximum absolute atomic E-state index is 3.87. The van der Waals surface area contributed by atoms with E-state index in [2.05, 4.69) is 35.8 Å². The van der Waals surface area contributed by atoms with Crippen LogP contribution < -0.4 is 5.32 Å². The second-order valence-electron chi connectivity index (χ2n) is 6.67. The smallest absolute Gasteiger partial charge is 0.0149 e. The lowest BCUT2D eigenvalue weighted by molar-refractivity contribution is 0.260. The highest BCUT2D eigenvalue weighted by atomic mass is 32.2. The molecule has 18 heavy (non-hydrogen) atoms. The molecule has 0 bridgehead atoms. The highest BCUT2D eigenvalue weighted by Gasteiger charge is 2.40. The summed E-state index contributed by atoms with van der Waals surface area (Å²) in [6, 6.07) is 0.874. The van der Waals surface area contributed by atoms with Crippen molar-refractivity contribution in [3.63, 3.8) is 0 Å². The minimum absolute atomic E-state index is 0.816. The molecule has 2 aliphatic carbocycles. The number of nitrogens with one attached hydrogen (secondary N) is 1. The van der Waals surface area contributed by atoms with Gasteiger partial charge in [0.05, 0.1) is 0 Å². The molecule has 2 atom stereocenters.